The molecule has 0 saturated carbocycles. The van der Waals surface area contributed by atoms with Crippen molar-refractivity contribution in [3.05, 3.63) is 29.6 Å². The maximum absolute atomic E-state index is 10.7. The zero-order valence-electron chi connectivity index (χ0n) is 10.0. The Balaban J connectivity index is 3.04. The molecule has 0 aliphatic carbocycles. The van der Waals surface area contributed by atoms with Gasteiger partial charge in [0, 0.05) is 36.9 Å². The molecule has 0 bridgehead atoms. The van der Waals surface area contributed by atoms with E-state index in [-0.39, 0.29) is 6.42 Å². The highest BCUT2D eigenvalue weighted by molar-refractivity contribution is 5.68. The second kappa shape index (κ2) is 6.26. The number of aryl methyl sites for hydroxylation is 1. The van der Waals surface area contributed by atoms with Crippen molar-refractivity contribution >= 4 is 5.97 Å². The van der Waals surface area contributed by atoms with E-state index in [1.165, 1.54) is 0 Å². The van der Waals surface area contributed by atoms with Crippen molar-refractivity contribution in [3.63, 3.8) is 0 Å². The summed E-state index contributed by atoms with van der Waals surface area (Å²) in [5.74, 6) is -1.01. The predicted octanol–water partition coefficient (Wildman–Crippen LogP) is 0.629. The van der Waals surface area contributed by atoms with Crippen LogP contribution in [0.5, 0.6) is 0 Å². The van der Waals surface area contributed by atoms with Crippen LogP contribution in [0.2, 0.25) is 0 Å². The number of hydrogen-bond donors (Lipinski definition) is 0. The molecule has 1 aromatic rings. The van der Waals surface area contributed by atoms with E-state index in [0.29, 0.717) is 0 Å². The van der Waals surface area contributed by atoms with E-state index in [4.69, 9.17) is 0 Å². The van der Waals surface area contributed by atoms with Gasteiger partial charge in [0.1, 0.15) is 6.54 Å². The van der Waals surface area contributed by atoms with Gasteiger partial charge in [-0.2, -0.15) is 0 Å². The molecular formula is C13H19NO2. The van der Waals surface area contributed by atoms with Gasteiger partial charge in [-0.1, -0.05) is 13.8 Å². The van der Waals surface area contributed by atoms with Crippen LogP contribution in [0.4, 0.5) is 0 Å². The van der Waals surface area contributed by atoms with Crippen LogP contribution >= 0.6 is 0 Å². The molecule has 0 aromatic carbocycles. The number of carbonyl (C=O) groups excluding carboxylic acids is 1. The van der Waals surface area contributed by atoms with Crippen molar-refractivity contribution in [1.82, 2.24) is 0 Å². The average Bonchev–Trinajstić information content (AvgIpc) is 2.22. The smallest absolute Gasteiger partial charge is 0.184 e. The van der Waals surface area contributed by atoms with Crippen LogP contribution in [0.25, 0.3) is 0 Å². The summed E-state index contributed by atoms with van der Waals surface area (Å²) in [6.45, 7) is 5.16. The zero-order chi connectivity index (χ0) is 12.0. The molecule has 0 amide bonds. The minimum absolute atomic E-state index is 0.0138. The van der Waals surface area contributed by atoms with E-state index >= 15 is 0 Å². The van der Waals surface area contributed by atoms with Gasteiger partial charge < -0.3 is 9.90 Å². The Bertz CT molecular complexity index is 361. The molecule has 0 spiro atoms. The fraction of sp³-hybridized carbons (Fsp3) is 0.538. The first-order valence-corrected chi connectivity index (χ1v) is 5.89. The van der Waals surface area contributed by atoms with Crippen molar-refractivity contribution in [3.8, 4) is 0 Å². The van der Waals surface area contributed by atoms with Crippen molar-refractivity contribution in [2.75, 3.05) is 0 Å². The van der Waals surface area contributed by atoms with Gasteiger partial charge in [0.05, 0.1) is 0 Å². The Morgan fingerprint density at radius 3 is 2.69 bits per heavy atom. The highest BCUT2D eigenvalue weighted by Crippen LogP contribution is 2.07. The van der Waals surface area contributed by atoms with Crippen LogP contribution in [0, 0.1) is 0 Å². The van der Waals surface area contributed by atoms with Gasteiger partial charge in [0.2, 0.25) is 0 Å². The first-order chi connectivity index (χ1) is 7.69. The van der Waals surface area contributed by atoms with Crippen LogP contribution in [0.3, 0.4) is 0 Å². The Kier molecular flexibility index (Phi) is 4.96. The highest BCUT2D eigenvalue weighted by atomic mass is 16.4. The van der Waals surface area contributed by atoms with E-state index < -0.39 is 5.97 Å². The molecule has 0 aliphatic heterocycles. The first-order valence-electron chi connectivity index (χ1n) is 5.89. The molecule has 0 unspecified atom stereocenters. The summed E-state index contributed by atoms with van der Waals surface area (Å²) in [5, 5.41) is 10.7. The lowest BCUT2D eigenvalue weighted by atomic mass is 10.1. The fourth-order valence-electron chi connectivity index (χ4n) is 1.94. The Morgan fingerprint density at radius 1 is 1.38 bits per heavy atom. The van der Waals surface area contributed by atoms with E-state index in [2.05, 4.69) is 18.4 Å². The van der Waals surface area contributed by atoms with Crippen LogP contribution in [-0.4, -0.2) is 5.97 Å². The van der Waals surface area contributed by atoms with E-state index in [9.17, 15) is 9.90 Å². The third-order valence-corrected chi connectivity index (χ3v) is 2.57. The van der Waals surface area contributed by atoms with E-state index in [0.717, 1.165) is 37.1 Å². The summed E-state index contributed by atoms with van der Waals surface area (Å²) >= 11 is 0. The number of carboxylic acids is 1. The van der Waals surface area contributed by atoms with Gasteiger partial charge in [-0.3, -0.25) is 0 Å². The standard InChI is InChI=1S/C13H19NO2/c1-3-6-12-11(10-13(15)16)7-5-9-14(12)8-4-2/h5,7,9H,3-4,6,8,10H2,1-2H3. The molecule has 0 aliphatic rings. The van der Waals surface area contributed by atoms with Gasteiger partial charge >= 0.3 is 0 Å². The lowest BCUT2D eigenvalue weighted by Gasteiger charge is -2.08. The van der Waals surface area contributed by atoms with Gasteiger partial charge in [0.25, 0.3) is 0 Å². The van der Waals surface area contributed by atoms with Gasteiger partial charge in [0.15, 0.2) is 11.9 Å². The van der Waals surface area contributed by atoms with E-state index in [1.54, 1.807) is 0 Å². The maximum Gasteiger partial charge on any atom is 0.184 e. The summed E-state index contributed by atoms with van der Waals surface area (Å²) < 4.78 is 2.15. The van der Waals surface area contributed by atoms with Crippen molar-refractivity contribution in [1.29, 1.82) is 0 Å². The second-order valence-electron chi connectivity index (χ2n) is 3.97. The molecule has 0 fully saturated rings. The lowest BCUT2D eigenvalue weighted by molar-refractivity contribution is -0.704. The molecule has 88 valence electrons. The number of rotatable bonds is 6. The first kappa shape index (κ1) is 12.7. The fourth-order valence-corrected chi connectivity index (χ4v) is 1.94. The number of aliphatic carboxylic acids is 1. The molecular weight excluding hydrogens is 202 g/mol. The Hall–Kier alpha value is -1.38. The molecule has 1 heterocycles. The van der Waals surface area contributed by atoms with Gasteiger partial charge in [-0.05, 0) is 12.5 Å². The third-order valence-electron chi connectivity index (χ3n) is 2.57. The average molecular weight is 221 g/mol. The molecule has 1 rings (SSSR count). The molecule has 3 nitrogen and oxygen atoms in total. The van der Waals surface area contributed by atoms with Crippen molar-refractivity contribution in [2.24, 2.45) is 0 Å². The van der Waals surface area contributed by atoms with Crippen LogP contribution in [-0.2, 0) is 24.2 Å². The Morgan fingerprint density at radius 2 is 2.12 bits per heavy atom. The minimum atomic E-state index is -1.01. The summed E-state index contributed by atoms with van der Waals surface area (Å²) in [4.78, 5) is 10.7. The predicted molar refractivity (Wildman–Crippen MR) is 59.6 cm³/mol. The number of nitrogens with zero attached hydrogens (tertiary/aromatic N) is 1. The molecule has 0 atom stereocenters. The topological polar surface area (TPSA) is 44.0 Å². The third kappa shape index (κ3) is 3.33. The monoisotopic (exact) mass is 221 g/mol. The number of carbonyl (C=O) groups is 1. The molecule has 0 N–H and O–H groups in total. The second-order valence-corrected chi connectivity index (χ2v) is 3.97. The molecule has 3 heteroatoms. The number of hydrogen-bond acceptors (Lipinski definition) is 2. The lowest BCUT2D eigenvalue weighted by Crippen LogP contribution is -2.40. The summed E-state index contributed by atoms with van der Waals surface area (Å²) in [6, 6.07) is 3.79. The van der Waals surface area contributed by atoms with Crippen molar-refractivity contribution < 1.29 is 14.5 Å². The van der Waals surface area contributed by atoms with Crippen LogP contribution in [0.15, 0.2) is 18.3 Å². The summed E-state index contributed by atoms with van der Waals surface area (Å²) in [6.07, 6.45) is 5.03. The van der Waals surface area contributed by atoms with E-state index in [1.807, 2.05) is 18.3 Å². The largest absolute Gasteiger partial charge is 0.550 e. The SMILES string of the molecule is CCCc1c(CC(=O)[O-])ccc[n+]1CCC. The highest BCUT2D eigenvalue weighted by Gasteiger charge is 2.14. The van der Waals surface area contributed by atoms with Gasteiger partial charge in [-0.15, -0.1) is 0 Å². The molecule has 0 radical (unpaired) electrons. The zero-order valence-corrected chi connectivity index (χ0v) is 10.0. The number of pyridine rings is 1. The molecule has 0 saturated heterocycles. The number of carboxylic acid groups (broad SMARTS) is 1. The molecule has 1 aromatic heterocycles. The van der Waals surface area contributed by atoms with Crippen LogP contribution < -0.4 is 9.67 Å². The van der Waals surface area contributed by atoms with Crippen molar-refractivity contribution in [2.45, 2.75) is 46.1 Å². The Labute approximate surface area is 96.7 Å². The minimum Gasteiger partial charge on any atom is -0.550 e. The van der Waals surface area contributed by atoms with Crippen LogP contribution in [0.1, 0.15) is 37.9 Å². The quantitative estimate of drug-likeness (QED) is 0.661. The van der Waals surface area contributed by atoms with Gasteiger partial charge in [-0.25, -0.2) is 4.57 Å². The summed E-state index contributed by atoms with van der Waals surface area (Å²) in [7, 11) is 0. The summed E-state index contributed by atoms with van der Waals surface area (Å²) in [5.41, 5.74) is 2.02. The maximum atomic E-state index is 10.7. The number of aromatic nitrogens is 1. The molecule has 16 heavy (non-hydrogen) atoms. The normalized spacial score (nSPS) is 10.4.